The van der Waals surface area contributed by atoms with Crippen molar-refractivity contribution < 1.29 is 32.5 Å². The number of carbonyl (C=O) groups excluding carboxylic acids is 3. The molecule has 3 amide bonds. The molecule has 0 bridgehead atoms. The summed E-state index contributed by atoms with van der Waals surface area (Å²) in [5.41, 5.74) is 3.00. The van der Waals surface area contributed by atoms with Crippen LogP contribution in [0.2, 0.25) is 0 Å². The van der Waals surface area contributed by atoms with Gasteiger partial charge in [0.15, 0.2) is 0 Å². The van der Waals surface area contributed by atoms with Crippen LogP contribution < -0.4 is 16.0 Å². The van der Waals surface area contributed by atoms with Crippen molar-refractivity contribution >= 4 is 77.4 Å². The number of carbonyl (C=O) groups is 3. The summed E-state index contributed by atoms with van der Waals surface area (Å²) in [6.45, 7) is 0. The zero-order chi connectivity index (χ0) is 29.7. The lowest BCUT2D eigenvalue weighted by Crippen LogP contribution is -2.21. The summed E-state index contributed by atoms with van der Waals surface area (Å²) < 4.78 is 29.7. The Kier molecular flexibility index (Phi) is 11.9. The van der Waals surface area contributed by atoms with Crippen LogP contribution in [0, 0.1) is 0 Å². The zero-order valence-corrected chi connectivity index (χ0v) is 24.0. The first-order valence-corrected chi connectivity index (χ1v) is 14.2. The van der Waals surface area contributed by atoms with Gasteiger partial charge < -0.3 is 29.5 Å². The minimum absolute atomic E-state index is 0.348. The second-order valence-electron chi connectivity index (χ2n) is 7.60. The molecule has 0 heterocycles. The fraction of sp³-hybridized carbons (Fsp3) is 0. The maximum atomic E-state index is 13.9. The number of amides is 3. The number of phosphoric ester groups is 1. The van der Waals surface area contributed by atoms with Crippen molar-refractivity contribution in [1.29, 1.82) is 0 Å². The molecule has 0 aliphatic heterocycles. The van der Waals surface area contributed by atoms with Gasteiger partial charge in [0, 0.05) is 17.1 Å². The molecule has 3 aromatic rings. The normalized spacial score (nSPS) is 12.1. The SMILES string of the molecule is O=C(Nc1ccccc1)/C(=C\Cl)OP(=O)(O/C(=C/Cl)C(=O)Nc1ccccc1)O/C(=C/Cl)C(=O)Nc1ccccc1. The van der Waals surface area contributed by atoms with Crippen molar-refractivity contribution in [3.63, 3.8) is 0 Å². The monoisotopic (exact) mass is 635 g/mol. The molecule has 0 saturated carbocycles. The van der Waals surface area contributed by atoms with Gasteiger partial charge in [0.1, 0.15) is 0 Å². The quantitative estimate of drug-likeness (QED) is 0.108. The highest BCUT2D eigenvalue weighted by molar-refractivity contribution is 7.49. The number of para-hydroxylation sites is 3. The Morgan fingerprint density at radius 3 is 0.976 bits per heavy atom. The highest BCUT2D eigenvalue weighted by Gasteiger charge is 2.40. The Bertz CT molecular complexity index is 1320. The van der Waals surface area contributed by atoms with Crippen LogP contribution in [0.25, 0.3) is 0 Å². The number of benzene rings is 3. The summed E-state index contributed by atoms with van der Waals surface area (Å²) in [6.07, 6.45) is 0. The first kappa shape index (κ1) is 31.3. The molecule has 3 aromatic carbocycles. The smallest absolute Gasteiger partial charge is 0.379 e. The average Bonchev–Trinajstić information content (AvgIpc) is 2.99. The molecule has 0 aromatic heterocycles. The molecule has 0 atom stereocenters. The largest absolute Gasteiger partial charge is 0.647 e. The summed E-state index contributed by atoms with van der Waals surface area (Å²) in [5.74, 6) is -5.16. The van der Waals surface area contributed by atoms with E-state index in [2.05, 4.69) is 16.0 Å². The van der Waals surface area contributed by atoms with E-state index in [9.17, 15) is 18.9 Å². The fourth-order valence-electron chi connectivity index (χ4n) is 2.89. The lowest BCUT2D eigenvalue weighted by molar-refractivity contribution is -0.115. The lowest BCUT2D eigenvalue weighted by atomic mass is 10.3. The van der Waals surface area contributed by atoms with E-state index >= 15 is 0 Å². The maximum Gasteiger partial charge on any atom is 0.647 e. The lowest BCUT2D eigenvalue weighted by Gasteiger charge is -2.21. The second kappa shape index (κ2) is 15.5. The second-order valence-corrected chi connectivity index (χ2v) is 9.70. The summed E-state index contributed by atoms with van der Waals surface area (Å²) in [4.78, 5) is 38.5. The van der Waals surface area contributed by atoms with Crippen molar-refractivity contribution in [2.75, 3.05) is 16.0 Å². The van der Waals surface area contributed by atoms with E-state index in [0.29, 0.717) is 33.7 Å². The van der Waals surface area contributed by atoms with Crippen LogP contribution >= 0.6 is 42.6 Å². The standard InChI is InChI=1S/C27H21Cl3N3O7P/c28-16-22(25(34)31-19-10-4-1-5-11-19)38-41(37,39-23(17-29)26(35)32-20-12-6-2-7-13-20)40-24(18-30)27(36)33-21-14-8-3-9-15-21/h1-18H,(H,31,34)(H,32,35)(H,33,36)/b22-16+,23-17+,24-18+. The van der Waals surface area contributed by atoms with Crippen LogP contribution in [0.5, 0.6) is 0 Å². The third kappa shape index (κ3) is 9.73. The topological polar surface area (TPSA) is 132 Å². The van der Waals surface area contributed by atoms with Gasteiger partial charge in [-0.15, -0.1) is 0 Å². The van der Waals surface area contributed by atoms with Crippen LogP contribution in [-0.4, -0.2) is 17.7 Å². The van der Waals surface area contributed by atoms with Crippen LogP contribution in [-0.2, 0) is 32.5 Å². The molecule has 3 N–H and O–H groups in total. The third-order valence-corrected chi connectivity index (χ3v) is 6.55. The van der Waals surface area contributed by atoms with Gasteiger partial charge in [0.05, 0.1) is 16.6 Å². The predicted octanol–water partition coefficient (Wildman–Crippen LogP) is 7.30. The summed E-state index contributed by atoms with van der Waals surface area (Å²) in [5, 5.41) is 7.42. The number of halogens is 3. The number of rotatable bonds is 12. The predicted molar refractivity (Wildman–Crippen MR) is 158 cm³/mol. The molecular formula is C27H21Cl3N3O7P. The van der Waals surface area contributed by atoms with E-state index in [0.717, 1.165) is 0 Å². The van der Waals surface area contributed by atoms with Crippen molar-refractivity contribution in [1.82, 2.24) is 0 Å². The van der Waals surface area contributed by atoms with Crippen LogP contribution in [0.4, 0.5) is 17.1 Å². The van der Waals surface area contributed by atoms with Gasteiger partial charge in [-0.25, -0.2) is 0 Å². The van der Waals surface area contributed by atoms with Gasteiger partial charge >= 0.3 is 7.82 Å². The minimum atomic E-state index is -5.15. The minimum Gasteiger partial charge on any atom is -0.379 e. The zero-order valence-electron chi connectivity index (χ0n) is 20.8. The molecule has 0 aliphatic rings. The molecule has 0 fully saturated rings. The Morgan fingerprint density at radius 2 is 0.756 bits per heavy atom. The van der Waals surface area contributed by atoms with Gasteiger partial charge in [-0.1, -0.05) is 89.4 Å². The van der Waals surface area contributed by atoms with E-state index in [4.69, 9.17) is 48.4 Å². The molecule has 41 heavy (non-hydrogen) atoms. The molecule has 0 saturated heterocycles. The average molecular weight is 637 g/mol. The Morgan fingerprint density at radius 1 is 0.512 bits per heavy atom. The number of hydrogen-bond donors (Lipinski definition) is 3. The molecule has 212 valence electrons. The van der Waals surface area contributed by atoms with Crippen molar-refractivity contribution in [3.05, 3.63) is 125 Å². The van der Waals surface area contributed by atoms with Gasteiger partial charge in [-0.2, -0.15) is 4.57 Å². The van der Waals surface area contributed by atoms with Crippen molar-refractivity contribution in [2.45, 2.75) is 0 Å². The van der Waals surface area contributed by atoms with E-state index in [1.54, 1.807) is 91.0 Å². The maximum absolute atomic E-state index is 13.9. The summed E-state index contributed by atoms with van der Waals surface area (Å²) in [7, 11) is -5.15. The van der Waals surface area contributed by atoms with E-state index < -0.39 is 42.8 Å². The van der Waals surface area contributed by atoms with Gasteiger partial charge in [0.25, 0.3) is 17.7 Å². The van der Waals surface area contributed by atoms with E-state index in [1.807, 2.05) is 0 Å². The summed E-state index contributed by atoms with van der Waals surface area (Å²) in [6, 6.07) is 24.5. The van der Waals surface area contributed by atoms with Gasteiger partial charge in [-0.05, 0) is 36.4 Å². The summed E-state index contributed by atoms with van der Waals surface area (Å²) >= 11 is 17.4. The Labute approximate surface area is 250 Å². The van der Waals surface area contributed by atoms with E-state index in [-0.39, 0.29) is 0 Å². The van der Waals surface area contributed by atoms with Crippen LogP contribution in [0.15, 0.2) is 125 Å². The van der Waals surface area contributed by atoms with Gasteiger partial charge in [0.2, 0.25) is 17.3 Å². The number of nitrogens with one attached hydrogen (secondary N) is 3. The molecule has 0 aliphatic carbocycles. The van der Waals surface area contributed by atoms with Crippen LogP contribution in [0.1, 0.15) is 0 Å². The molecular weight excluding hydrogens is 616 g/mol. The third-order valence-electron chi connectivity index (χ3n) is 4.69. The number of anilines is 3. The van der Waals surface area contributed by atoms with E-state index in [1.165, 1.54) is 0 Å². The molecule has 10 nitrogen and oxygen atoms in total. The Balaban J connectivity index is 1.88. The first-order chi connectivity index (χ1) is 19.8. The highest BCUT2D eigenvalue weighted by Crippen LogP contribution is 2.55. The first-order valence-electron chi connectivity index (χ1n) is 11.5. The Hall–Kier alpha value is -4.21. The molecule has 0 spiro atoms. The molecule has 14 heteroatoms. The molecule has 0 radical (unpaired) electrons. The van der Waals surface area contributed by atoms with Crippen LogP contribution in [0.3, 0.4) is 0 Å². The fourth-order valence-corrected chi connectivity index (χ4v) is 4.75. The molecule has 3 rings (SSSR count). The van der Waals surface area contributed by atoms with Gasteiger partial charge in [-0.3, -0.25) is 14.4 Å². The van der Waals surface area contributed by atoms with Crippen molar-refractivity contribution in [2.24, 2.45) is 0 Å². The highest BCUT2D eigenvalue weighted by atomic mass is 35.5. The number of hydrogen-bond acceptors (Lipinski definition) is 7. The number of phosphoric acid groups is 1. The molecule has 0 unspecified atom stereocenters. The van der Waals surface area contributed by atoms with Crippen molar-refractivity contribution in [3.8, 4) is 0 Å².